The molecule has 148 valence electrons. The van der Waals surface area contributed by atoms with Crippen LogP contribution in [0.4, 0.5) is 5.69 Å². The third-order valence-electron chi connectivity index (χ3n) is 6.35. The number of carbonyl (C=O) groups is 1. The van der Waals surface area contributed by atoms with Gasteiger partial charge in [-0.2, -0.15) is 0 Å². The van der Waals surface area contributed by atoms with Crippen molar-refractivity contribution in [1.82, 2.24) is 4.90 Å². The van der Waals surface area contributed by atoms with Crippen LogP contribution in [0.1, 0.15) is 66.1 Å². The quantitative estimate of drug-likeness (QED) is 0.654. The van der Waals surface area contributed by atoms with E-state index in [0.29, 0.717) is 18.4 Å². The molecule has 1 aliphatic carbocycles. The van der Waals surface area contributed by atoms with Crippen LogP contribution in [-0.4, -0.2) is 36.4 Å². The molecule has 2 aromatic rings. The third kappa shape index (κ3) is 3.73. The van der Waals surface area contributed by atoms with Crippen LogP contribution in [0, 0.1) is 0 Å². The van der Waals surface area contributed by atoms with Crippen LogP contribution < -0.4 is 5.32 Å². The predicted octanol–water partition coefficient (Wildman–Crippen LogP) is 5.06. The Morgan fingerprint density at radius 1 is 1.07 bits per heavy atom. The summed E-state index contributed by atoms with van der Waals surface area (Å²) in [7, 11) is 0. The first-order valence-electron chi connectivity index (χ1n) is 10.9. The van der Waals surface area contributed by atoms with E-state index < -0.39 is 0 Å². The van der Waals surface area contributed by atoms with E-state index in [9.17, 15) is 4.79 Å². The maximum Gasteiger partial charge on any atom is 0.167 e. The summed E-state index contributed by atoms with van der Waals surface area (Å²) in [6.07, 6.45) is 5.09. The Morgan fingerprint density at radius 2 is 1.82 bits per heavy atom. The summed E-state index contributed by atoms with van der Waals surface area (Å²) in [5.41, 5.74) is 6.06. The zero-order chi connectivity index (χ0) is 19.5. The van der Waals surface area contributed by atoms with Crippen LogP contribution in [0.2, 0.25) is 0 Å². The van der Waals surface area contributed by atoms with Gasteiger partial charge in [0.05, 0.1) is 0 Å². The second-order valence-corrected chi connectivity index (χ2v) is 8.35. The van der Waals surface area contributed by atoms with E-state index in [2.05, 4.69) is 36.2 Å². The molecule has 0 aromatic heterocycles. The molecule has 0 amide bonds. The van der Waals surface area contributed by atoms with Gasteiger partial charge in [-0.1, -0.05) is 44.2 Å². The van der Waals surface area contributed by atoms with Crippen molar-refractivity contribution in [2.75, 3.05) is 25.0 Å². The van der Waals surface area contributed by atoms with E-state index in [0.717, 1.165) is 37.2 Å². The van der Waals surface area contributed by atoms with E-state index in [1.165, 1.54) is 36.1 Å². The smallest absolute Gasteiger partial charge is 0.167 e. The van der Waals surface area contributed by atoms with Gasteiger partial charge in [-0.25, -0.2) is 0 Å². The number of hydrogen-bond acceptors (Lipinski definition) is 3. The summed E-state index contributed by atoms with van der Waals surface area (Å²) in [5, 5.41) is 3.59. The molecule has 2 atom stereocenters. The second-order valence-electron chi connectivity index (χ2n) is 8.35. The fourth-order valence-corrected chi connectivity index (χ4v) is 5.16. The van der Waals surface area contributed by atoms with E-state index >= 15 is 0 Å². The Balaban J connectivity index is 1.65. The van der Waals surface area contributed by atoms with Gasteiger partial charge in [-0.05, 0) is 67.6 Å². The zero-order valence-corrected chi connectivity index (χ0v) is 17.2. The first kappa shape index (κ1) is 19.2. The summed E-state index contributed by atoms with van der Waals surface area (Å²) >= 11 is 0. The molecule has 28 heavy (non-hydrogen) atoms. The lowest BCUT2D eigenvalue weighted by molar-refractivity contribution is 0.0990. The molecule has 1 heterocycles. The molecule has 3 nitrogen and oxygen atoms in total. The summed E-state index contributed by atoms with van der Waals surface area (Å²) in [5.74, 6) is 0.803. The number of nitrogens with one attached hydrogen (secondary N) is 1. The minimum atomic E-state index is 0.257. The number of rotatable bonds is 8. The Hall–Kier alpha value is -2.13. The molecular formula is C25H32N2O. The van der Waals surface area contributed by atoms with Crippen molar-refractivity contribution in [1.29, 1.82) is 0 Å². The minimum absolute atomic E-state index is 0.257. The van der Waals surface area contributed by atoms with Crippen LogP contribution >= 0.6 is 0 Å². The van der Waals surface area contributed by atoms with Gasteiger partial charge in [0, 0.05) is 36.2 Å². The molecular weight excluding hydrogens is 344 g/mol. The number of nitrogens with zero attached hydrogens (tertiary/aromatic N) is 1. The number of carbonyl (C=O) groups excluding carboxylic acids is 1. The van der Waals surface area contributed by atoms with Gasteiger partial charge in [0.25, 0.3) is 0 Å². The fraction of sp³-hybridized carbons (Fsp3) is 0.480. The van der Waals surface area contributed by atoms with Crippen molar-refractivity contribution < 1.29 is 4.79 Å². The standard InChI is InChI=1S/C25H32N2O/c1-3-12-27(13-4-2)20-15-19-17-26-23-11-10-21(22(16-20)25(19)23)24(28)14-18-8-6-5-7-9-18/h5-11,19-20,26H,3-4,12-17H2,1-2H3/t19-,20-/m1/s1. The summed E-state index contributed by atoms with van der Waals surface area (Å²) in [6.45, 7) is 7.86. The van der Waals surface area contributed by atoms with Crippen molar-refractivity contribution in [3.8, 4) is 0 Å². The van der Waals surface area contributed by atoms with Crippen LogP contribution in [0.25, 0.3) is 0 Å². The maximum absolute atomic E-state index is 13.2. The molecule has 0 fully saturated rings. The average molecular weight is 377 g/mol. The lowest BCUT2D eigenvalue weighted by atomic mass is 9.77. The molecule has 2 aliphatic rings. The molecule has 0 saturated heterocycles. The monoisotopic (exact) mass is 376 g/mol. The zero-order valence-electron chi connectivity index (χ0n) is 17.2. The predicted molar refractivity (Wildman–Crippen MR) is 116 cm³/mol. The van der Waals surface area contributed by atoms with Crippen LogP contribution in [0.15, 0.2) is 42.5 Å². The van der Waals surface area contributed by atoms with Crippen LogP contribution in [0.3, 0.4) is 0 Å². The lowest BCUT2D eigenvalue weighted by Crippen LogP contribution is -2.41. The lowest BCUT2D eigenvalue weighted by Gasteiger charge is -2.37. The number of anilines is 1. The molecule has 0 saturated carbocycles. The highest BCUT2D eigenvalue weighted by Gasteiger charge is 2.36. The SMILES string of the molecule is CCCN(CCC)[C@H]1Cc2c(C(=O)Cc3ccccc3)ccc3c2[C@@H](CN3)C1. The molecule has 2 aromatic carbocycles. The van der Waals surface area contributed by atoms with Gasteiger partial charge >= 0.3 is 0 Å². The Labute approximate surface area is 169 Å². The van der Waals surface area contributed by atoms with E-state index in [1.807, 2.05) is 30.3 Å². The number of benzene rings is 2. The van der Waals surface area contributed by atoms with Crippen molar-refractivity contribution in [2.45, 2.75) is 57.9 Å². The topological polar surface area (TPSA) is 32.3 Å². The van der Waals surface area contributed by atoms with Crippen molar-refractivity contribution >= 4 is 11.5 Å². The molecule has 0 radical (unpaired) electrons. The fourth-order valence-electron chi connectivity index (χ4n) is 5.16. The molecule has 0 bridgehead atoms. The number of Topliss-reactive ketones (excluding diaryl/α,β-unsaturated/α-hetero) is 1. The molecule has 0 spiro atoms. The molecule has 4 rings (SSSR count). The Bertz CT molecular complexity index is 824. The van der Waals surface area contributed by atoms with Crippen molar-refractivity contribution in [2.24, 2.45) is 0 Å². The number of hydrogen-bond donors (Lipinski definition) is 1. The van der Waals surface area contributed by atoms with E-state index in [-0.39, 0.29) is 5.78 Å². The third-order valence-corrected chi connectivity index (χ3v) is 6.35. The van der Waals surface area contributed by atoms with Gasteiger partial charge < -0.3 is 10.2 Å². The maximum atomic E-state index is 13.2. The van der Waals surface area contributed by atoms with Gasteiger partial charge in [-0.15, -0.1) is 0 Å². The van der Waals surface area contributed by atoms with Crippen molar-refractivity contribution in [3.05, 3.63) is 64.7 Å². The highest BCUT2D eigenvalue weighted by molar-refractivity contribution is 6.00. The normalized spacial score (nSPS) is 20.1. The number of ketones is 1. The summed E-state index contributed by atoms with van der Waals surface area (Å²) < 4.78 is 0. The molecule has 1 N–H and O–H groups in total. The Morgan fingerprint density at radius 3 is 2.54 bits per heavy atom. The average Bonchev–Trinajstić information content (AvgIpc) is 3.13. The van der Waals surface area contributed by atoms with Crippen molar-refractivity contribution in [3.63, 3.8) is 0 Å². The van der Waals surface area contributed by atoms with E-state index in [4.69, 9.17) is 0 Å². The largest absolute Gasteiger partial charge is 0.384 e. The highest BCUT2D eigenvalue weighted by Crippen LogP contribution is 2.44. The van der Waals surface area contributed by atoms with Gasteiger partial charge in [-0.3, -0.25) is 4.79 Å². The van der Waals surface area contributed by atoms with E-state index in [1.54, 1.807) is 0 Å². The molecule has 1 aliphatic heterocycles. The first-order chi connectivity index (χ1) is 13.7. The van der Waals surface area contributed by atoms with Gasteiger partial charge in [0.1, 0.15) is 0 Å². The second kappa shape index (κ2) is 8.48. The van der Waals surface area contributed by atoms with Crippen LogP contribution in [-0.2, 0) is 12.8 Å². The molecule has 3 heteroatoms. The van der Waals surface area contributed by atoms with Crippen LogP contribution in [0.5, 0.6) is 0 Å². The highest BCUT2D eigenvalue weighted by atomic mass is 16.1. The van der Waals surface area contributed by atoms with Gasteiger partial charge in [0.15, 0.2) is 5.78 Å². The molecule has 0 unspecified atom stereocenters. The Kier molecular flexibility index (Phi) is 5.82. The minimum Gasteiger partial charge on any atom is -0.384 e. The summed E-state index contributed by atoms with van der Waals surface area (Å²) in [4.78, 5) is 15.9. The first-order valence-corrected chi connectivity index (χ1v) is 10.9. The van der Waals surface area contributed by atoms with Gasteiger partial charge in [0.2, 0.25) is 0 Å². The summed E-state index contributed by atoms with van der Waals surface area (Å²) in [6, 6.07) is 14.9.